The second-order valence-electron chi connectivity index (χ2n) is 5.02. The van der Waals surface area contributed by atoms with Crippen LogP contribution in [0.2, 0.25) is 0 Å². The molecule has 1 unspecified atom stereocenters. The summed E-state index contributed by atoms with van der Waals surface area (Å²) in [6.07, 6.45) is 0.699. The van der Waals surface area contributed by atoms with Crippen LogP contribution in [-0.2, 0) is 19.2 Å². The first-order chi connectivity index (χ1) is 8.32. The molecule has 2 saturated heterocycles. The minimum Gasteiger partial charge on any atom is -0.344 e. The van der Waals surface area contributed by atoms with Crippen LogP contribution in [0.25, 0.3) is 0 Å². The number of carbonyl (C=O) groups excluding carboxylic acids is 4. The molecule has 0 aromatic carbocycles. The minimum atomic E-state index is -1.09. The van der Waals surface area contributed by atoms with Crippen LogP contribution in [-0.4, -0.2) is 46.7 Å². The zero-order valence-corrected chi connectivity index (χ0v) is 10.3. The van der Waals surface area contributed by atoms with Gasteiger partial charge in [0.15, 0.2) is 0 Å². The van der Waals surface area contributed by atoms with Gasteiger partial charge in [-0.1, -0.05) is 0 Å². The standard InChI is InChI=1S/C11H15N3O4/c1-11(2)10(18)13-8(16)5-14(11)9(17)6-3-4-7(15)12-6/h6H,3-5H2,1-2H3,(H,12,15)(H,13,16,18). The molecule has 2 aliphatic heterocycles. The van der Waals surface area contributed by atoms with E-state index in [0.29, 0.717) is 12.8 Å². The van der Waals surface area contributed by atoms with E-state index >= 15 is 0 Å². The topological polar surface area (TPSA) is 95.6 Å². The van der Waals surface area contributed by atoms with Crippen molar-refractivity contribution in [1.82, 2.24) is 15.5 Å². The maximum Gasteiger partial charge on any atom is 0.252 e. The molecule has 2 N–H and O–H groups in total. The average Bonchev–Trinajstić information content (AvgIpc) is 2.70. The Morgan fingerprint density at radius 1 is 1.28 bits per heavy atom. The normalized spacial score (nSPS) is 26.9. The lowest BCUT2D eigenvalue weighted by Gasteiger charge is -2.41. The van der Waals surface area contributed by atoms with Crippen LogP contribution in [0, 0.1) is 0 Å². The van der Waals surface area contributed by atoms with Gasteiger partial charge in [-0.25, -0.2) is 0 Å². The highest BCUT2D eigenvalue weighted by molar-refractivity contribution is 6.07. The van der Waals surface area contributed by atoms with Crippen LogP contribution in [0.1, 0.15) is 26.7 Å². The van der Waals surface area contributed by atoms with E-state index in [2.05, 4.69) is 10.6 Å². The fourth-order valence-corrected chi connectivity index (χ4v) is 2.12. The summed E-state index contributed by atoms with van der Waals surface area (Å²) in [7, 11) is 0. The highest BCUT2D eigenvalue weighted by atomic mass is 16.2. The van der Waals surface area contributed by atoms with Crippen LogP contribution >= 0.6 is 0 Å². The quantitative estimate of drug-likeness (QED) is 0.558. The fourth-order valence-electron chi connectivity index (χ4n) is 2.12. The van der Waals surface area contributed by atoms with Crippen molar-refractivity contribution in [2.24, 2.45) is 0 Å². The molecule has 2 rings (SSSR count). The first-order valence-electron chi connectivity index (χ1n) is 5.77. The van der Waals surface area contributed by atoms with Crippen LogP contribution in [0.5, 0.6) is 0 Å². The number of imide groups is 1. The number of piperazine rings is 1. The highest BCUT2D eigenvalue weighted by Gasteiger charge is 2.46. The summed E-state index contributed by atoms with van der Waals surface area (Å²) in [6, 6.07) is -0.629. The Bertz CT molecular complexity index is 444. The molecule has 1 atom stereocenters. The summed E-state index contributed by atoms with van der Waals surface area (Å²) >= 11 is 0. The van der Waals surface area contributed by atoms with E-state index in [-0.39, 0.29) is 18.4 Å². The number of amides is 4. The van der Waals surface area contributed by atoms with Gasteiger partial charge in [0.05, 0.1) is 0 Å². The van der Waals surface area contributed by atoms with E-state index in [9.17, 15) is 19.2 Å². The minimum absolute atomic E-state index is 0.163. The van der Waals surface area contributed by atoms with E-state index in [0.717, 1.165) is 0 Å². The van der Waals surface area contributed by atoms with E-state index in [4.69, 9.17) is 0 Å². The van der Waals surface area contributed by atoms with Gasteiger partial charge < -0.3 is 10.2 Å². The van der Waals surface area contributed by atoms with Crippen LogP contribution in [0.4, 0.5) is 0 Å². The summed E-state index contributed by atoms with van der Waals surface area (Å²) in [6.45, 7) is 2.98. The predicted molar refractivity (Wildman–Crippen MR) is 60.1 cm³/mol. The Morgan fingerprint density at radius 2 is 1.94 bits per heavy atom. The van der Waals surface area contributed by atoms with Gasteiger partial charge in [-0.2, -0.15) is 0 Å². The number of carbonyl (C=O) groups is 4. The Balaban J connectivity index is 2.19. The Labute approximate surface area is 104 Å². The monoisotopic (exact) mass is 253 g/mol. The number of nitrogens with zero attached hydrogens (tertiary/aromatic N) is 1. The summed E-state index contributed by atoms with van der Waals surface area (Å²) < 4.78 is 0. The number of hydrogen-bond acceptors (Lipinski definition) is 4. The van der Waals surface area contributed by atoms with Crippen molar-refractivity contribution in [3.05, 3.63) is 0 Å². The van der Waals surface area contributed by atoms with Crippen molar-refractivity contribution in [3.63, 3.8) is 0 Å². The van der Waals surface area contributed by atoms with Gasteiger partial charge in [-0.3, -0.25) is 24.5 Å². The molecule has 2 aliphatic rings. The van der Waals surface area contributed by atoms with Crippen molar-refractivity contribution in [3.8, 4) is 0 Å². The largest absolute Gasteiger partial charge is 0.344 e. The predicted octanol–water partition coefficient (Wildman–Crippen LogP) is -1.47. The fraction of sp³-hybridized carbons (Fsp3) is 0.636. The maximum absolute atomic E-state index is 12.2. The van der Waals surface area contributed by atoms with Crippen molar-refractivity contribution < 1.29 is 19.2 Å². The average molecular weight is 253 g/mol. The summed E-state index contributed by atoms with van der Waals surface area (Å²) in [5, 5.41) is 4.74. The number of rotatable bonds is 1. The third kappa shape index (κ3) is 1.96. The lowest BCUT2D eigenvalue weighted by Crippen LogP contribution is -2.67. The maximum atomic E-state index is 12.2. The van der Waals surface area contributed by atoms with Gasteiger partial charge in [-0.15, -0.1) is 0 Å². The first kappa shape index (κ1) is 12.5. The van der Waals surface area contributed by atoms with E-state index in [1.165, 1.54) is 4.90 Å². The van der Waals surface area contributed by atoms with Gasteiger partial charge in [0.25, 0.3) is 5.91 Å². The van der Waals surface area contributed by atoms with Gasteiger partial charge in [0, 0.05) is 6.42 Å². The lowest BCUT2D eigenvalue weighted by molar-refractivity contribution is -0.156. The molecular weight excluding hydrogens is 238 g/mol. The van der Waals surface area contributed by atoms with E-state index < -0.39 is 23.4 Å². The second-order valence-corrected chi connectivity index (χ2v) is 5.02. The third-order valence-electron chi connectivity index (χ3n) is 3.34. The van der Waals surface area contributed by atoms with Crippen LogP contribution in [0.3, 0.4) is 0 Å². The zero-order chi connectivity index (χ0) is 13.5. The first-order valence-corrected chi connectivity index (χ1v) is 5.77. The summed E-state index contributed by atoms with van der Waals surface area (Å²) in [5.41, 5.74) is -1.09. The van der Waals surface area contributed by atoms with E-state index in [1.54, 1.807) is 13.8 Å². The molecule has 0 aromatic rings. The molecule has 4 amide bonds. The third-order valence-corrected chi connectivity index (χ3v) is 3.34. The molecular formula is C11H15N3O4. The SMILES string of the molecule is CC1(C)C(=O)NC(=O)CN1C(=O)C1CCC(=O)N1. The van der Waals surface area contributed by atoms with E-state index in [1.807, 2.05) is 0 Å². The molecule has 0 aliphatic carbocycles. The molecule has 0 radical (unpaired) electrons. The molecule has 0 bridgehead atoms. The van der Waals surface area contributed by atoms with Crippen molar-refractivity contribution in [1.29, 1.82) is 0 Å². The van der Waals surface area contributed by atoms with Crippen molar-refractivity contribution in [2.75, 3.05) is 6.54 Å². The molecule has 0 spiro atoms. The molecule has 0 aromatic heterocycles. The Kier molecular flexibility index (Phi) is 2.84. The Hall–Kier alpha value is -1.92. The number of hydrogen-bond donors (Lipinski definition) is 2. The van der Waals surface area contributed by atoms with Crippen molar-refractivity contribution >= 4 is 23.6 Å². The molecule has 2 heterocycles. The lowest BCUT2D eigenvalue weighted by atomic mass is 9.97. The van der Waals surface area contributed by atoms with Crippen LogP contribution in [0.15, 0.2) is 0 Å². The van der Waals surface area contributed by atoms with Crippen molar-refractivity contribution in [2.45, 2.75) is 38.3 Å². The second kappa shape index (κ2) is 4.08. The van der Waals surface area contributed by atoms with Gasteiger partial charge in [-0.05, 0) is 20.3 Å². The van der Waals surface area contributed by atoms with Gasteiger partial charge in [0.1, 0.15) is 18.1 Å². The summed E-state index contributed by atoms with van der Waals surface area (Å²) in [5.74, 6) is -1.57. The molecule has 7 nitrogen and oxygen atoms in total. The molecule has 2 fully saturated rings. The zero-order valence-electron chi connectivity index (χ0n) is 10.3. The number of nitrogens with one attached hydrogen (secondary N) is 2. The smallest absolute Gasteiger partial charge is 0.252 e. The molecule has 18 heavy (non-hydrogen) atoms. The highest BCUT2D eigenvalue weighted by Crippen LogP contribution is 2.21. The molecule has 98 valence electrons. The van der Waals surface area contributed by atoms with Gasteiger partial charge in [0.2, 0.25) is 17.7 Å². The molecule has 0 saturated carbocycles. The summed E-state index contributed by atoms with van der Waals surface area (Å²) in [4.78, 5) is 47.6. The van der Waals surface area contributed by atoms with Gasteiger partial charge >= 0.3 is 0 Å². The van der Waals surface area contributed by atoms with Crippen LogP contribution < -0.4 is 10.6 Å². The Morgan fingerprint density at radius 3 is 2.50 bits per heavy atom. The molecule has 7 heteroatoms.